The molecule has 0 spiro atoms. The fourth-order valence-electron chi connectivity index (χ4n) is 2.40. The quantitative estimate of drug-likeness (QED) is 0.715. The minimum atomic E-state index is -0.144. The van der Waals surface area contributed by atoms with Gasteiger partial charge in [-0.2, -0.15) is 0 Å². The van der Waals surface area contributed by atoms with E-state index in [0.29, 0.717) is 0 Å². The number of piperidine rings is 1. The molecule has 2 fully saturated rings. The van der Waals surface area contributed by atoms with Crippen molar-refractivity contribution < 1.29 is 5.11 Å². The molecule has 0 aromatic rings. The Balaban J connectivity index is 1.54. The number of nitrogens with zero attached hydrogens (tertiary/aromatic N) is 1. The smallest absolute Gasteiger partial charge is 0.0524 e. The first-order valence-corrected chi connectivity index (χ1v) is 6.88. The number of hydrogen-bond donors (Lipinski definition) is 2. The molecular weight excluding hydrogens is 200 g/mol. The lowest BCUT2D eigenvalue weighted by molar-refractivity contribution is 0.132. The minimum absolute atomic E-state index is 0.144. The summed E-state index contributed by atoms with van der Waals surface area (Å²) in [5, 5.41) is 12.9. The van der Waals surface area contributed by atoms with Gasteiger partial charge in [0.25, 0.3) is 0 Å². The molecule has 0 radical (unpaired) electrons. The summed E-state index contributed by atoms with van der Waals surface area (Å²) in [6.45, 7) is 6.63. The maximum atomic E-state index is 9.25. The first kappa shape index (κ1) is 12.3. The summed E-state index contributed by atoms with van der Waals surface area (Å²) in [5.74, 6) is 0.892. The lowest BCUT2D eigenvalue weighted by atomic mass is 9.96. The molecule has 3 heteroatoms. The van der Waals surface area contributed by atoms with Crippen LogP contribution in [-0.2, 0) is 0 Å². The number of rotatable bonds is 6. The zero-order valence-electron chi connectivity index (χ0n) is 10.5. The van der Waals surface area contributed by atoms with Crippen molar-refractivity contribution in [3.8, 4) is 0 Å². The number of nitrogens with one attached hydrogen (secondary N) is 1. The van der Waals surface area contributed by atoms with Crippen LogP contribution in [0.25, 0.3) is 0 Å². The van der Waals surface area contributed by atoms with Crippen LogP contribution in [0.4, 0.5) is 0 Å². The van der Waals surface area contributed by atoms with Gasteiger partial charge in [0, 0.05) is 12.6 Å². The fourth-order valence-corrected chi connectivity index (χ4v) is 2.40. The van der Waals surface area contributed by atoms with Gasteiger partial charge in [0.1, 0.15) is 0 Å². The van der Waals surface area contributed by atoms with E-state index in [1.807, 2.05) is 6.92 Å². The van der Waals surface area contributed by atoms with Crippen molar-refractivity contribution in [2.24, 2.45) is 5.92 Å². The second-order valence-corrected chi connectivity index (χ2v) is 5.61. The topological polar surface area (TPSA) is 35.5 Å². The summed E-state index contributed by atoms with van der Waals surface area (Å²) >= 11 is 0. The molecule has 3 nitrogen and oxygen atoms in total. The van der Waals surface area contributed by atoms with E-state index in [4.69, 9.17) is 0 Å². The lowest BCUT2D eigenvalue weighted by Crippen LogP contribution is -2.38. The van der Waals surface area contributed by atoms with Gasteiger partial charge in [-0.05, 0) is 64.6 Å². The van der Waals surface area contributed by atoms with Crippen molar-refractivity contribution in [2.45, 2.75) is 51.2 Å². The third-order valence-corrected chi connectivity index (χ3v) is 3.84. The Morgan fingerprint density at radius 2 is 1.94 bits per heavy atom. The molecule has 2 aliphatic rings. The van der Waals surface area contributed by atoms with Crippen molar-refractivity contribution in [1.29, 1.82) is 0 Å². The summed E-state index contributed by atoms with van der Waals surface area (Å²) in [7, 11) is 0. The van der Waals surface area contributed by atoms with Crippen LogP contribution in [0.5, 0.6) is 0 Å². The molecule has 2 N–H and O–H groups in total. The number of aliphatic hydroxyl groups is 1. The Morgan fingerprint density at radius 1 is 1.25 bits per heavy atom. The number of aliphatic hydroxyl groups excluding tert-OH is 1. The third kappa shape index (κ3) is 4.40. The molecule has 0 amide bonds. The zero-order chi connectivity index (χ0) is 11.4. The van der Waals surface area contributed by atoms with Crippen LogP contribution in [0.2, 0.25) is 0 Å². The molecule has 0 aromatic carbocycles. The van der Waals surface area contributed by atoms with E-state index < -0.39 is 0 Å². The molecule has 94 valence electrons. The van der Waals surface area contributed by atoms with Gasteiger partial charge in [-0.15, -0.1) is 0 Å². The van der Waals surface area contributed by atoms with Gasteiger partial charge in [0.05, 0.1) is 6.10 Å². The molecule has 1 heterocycles. The van der Waals surface area contributed by atoms with Gasteiger partial charge in [-0.25, -0.2) is 0 Å². The predicted molar refractivity (Wildman–Crippen MR) is 66.5 cm³/mol. The van der Waals surface area contributed by atoms with E-state index in [0.717, 1.165) is 24.9 Å². The van der Waals surface area contributed by atoms with Gasteiger partial charge >= 0.3 is 0 Å². The second-order valence-electron chi connectivity index (χ2n) is 5.61. The first-order chi connectivity index (χ1) is 7.74. The highest BCUT2D eigenvalue weighted by Gasteiger charge is 2.24. The summed E-state index contributed by atoms with van der Waals surface area (Å²) < 4.78 is 0. The van der Waals surface area contributed by atoms with Crippen LogP contribution in [0, 0.1) is 5.92 Å². The van der Waals surface area contributed by atoms with Crippen LogP contribution < -0.4 is 5.32 Å². The molecule has 1 aliphatic heterocycles. The van der Waals surface area contributed by atoms with Crippen LogP contribution in [0.15, 0.2) is 0 Å². The molecule has 0 bridgehead atoms. The summed E-state index contributed by atoms with van der Waals surface area (Å²) in [4.78, 5) is 2.50. The number of likely N-dealkylation sites (tertiary alicyclic amines) is 1. The van der Waals surface area contributed by atoms with E-state index in [9.17, 15) is 5.11 Å². The Hall–Kier alpha value is -0.120. The Kier molecular flexibility index (Phi) is 4.62. The Labute approximate surface area is 99.2 Å². The molecule has 1 aliphatic carbocycles. The average Bonchev–Trinajstić information content (AvgIpc) is 3.09. The monoisotopic (exact) mass is 226 g/mol. The largest absolute Gasteiger partial charge is 0.393 e. The summed E-state index contributed by atoms with van der Waals surface area (Å²) in [5.41, 5.74) is 0. The van der Waals surface area contributed by atoms with Crippen LogP contribution in [0.3, 0.4) is 0 Å². The van der Waals surface area contributed by atoms with Crippen LogP contribution >= 0.6 is 0 Å². The Morgan fingerprint density at radius 3 is 2.50 bits per heavy atom. The molecule has 0 aromatic heterocycles. The highest BCUT2D eigenvalue weighted by Crippen LogP contribution is 2.21. The number of hydrogen-bond acceptors (Lipinski definition) is 3. The molecule has 1 saturated carbocycles. The predicted octanol–water partition coefficient (Wildman–Crippen LogP) is 1.22. The van der Waals surface area contributed by atoms with Crippen molar-refractivity contribution in [1.82, 2.24) is 10.2 Å². The highest BCUT2D eigenvalue weighted by atomic mass is 16.3. The van der Waals surface area contributed by atoms with E-state index in [2.05, 4.69) is 10.2 Å². The van der Waals surface area contributed by atoms with Gasteiger partial charge in [-0.1, -0.05) is 0 Å². The van der Waals surface area contributed by atoms with Crippen LogP contribution in [0.1, 0.15) is 39.0 Å². The van der Waals surface area contributed by atoms with Crippen molar-refractivity contribution in [3.63, 3.8) is 0 Å². The van der Waals surface area contributed by atoms with E-state index >= 15 is 0 Å². The highest BCUT2D eigenvalue weighted by molar-refractivity contribution is 4.83. The molecule has 1 atom stereocenters. The van der Waals surface area contributed by atoms with Crippen molar-refractivity contribution in [3.05, 3.63) is 0 Å². The SMILES string of the molecule is CC(O)CCN1CCC(CNC2CC2)CC1. The standard InChI is InChI=1S/C13H26N2O/c1-11(16)4-7-15-8-5-12(6-9-15)10-14-13-2-3-13/h11-14,16H,2-10H2,1H3. The summed E-state index contributed by atoms with van der Waals surface area (Å²) in [6.07, 6.45) is 6.24. The second kappa shape index (κ2) is 5.99. The maximum absolute atomic E-state index is 9.25. The fraction of sp³-hybridized carbons (Fsp3) is 1.00. The zero-order valence-corrected chi connectivity index (χ0v) is 10.5. The van der Waals surface area contributed by atoms with E-state index in [-0.39, 0.29) is 6.10 Å². The first-order valence-electron chi connectivity index (χ1n) is 6.88. The molecule has 1 saturated heterocycles. The molecule has 2 rings (SSSR count). The van der Waals surface area contributed by atoms with Gasteiger partial charge in [-0.3, -0.25) is 0 Å². The molecule has 1 unspecified atom stereocenters. The normalized spacial score (nSPS) is 25.9. The van der Waals surface area contributed by atoms with Gasteiger partial charge < -0.3 is 15.3 Å². The van der Waals surface area contributed by atoms with Gasteiger partial charge in [0.15, 0.2) is 0 Å². The van der Waals surface area contributed by atoms with E-state index in [1.165, 1.54) is 45.3 Å². The maximum Gasteiger partial charge on any atom is 0.0524 e. The Bertz CT molecular complexity index is 182. The van der Waals surface area contributed by atoms with Gasteiger partial charge in [0.2, 0.25) is 0 Å². The third-order valence-electron chi connectivity index (χ3n) is 3.84. The summed E-state index contributed by atoms with van der Waals surface area (Å²) in [6, 6.07) is 0.855. The lowest BCUT2D eigenvalue weighted by Gasteiger charge is -2.32. The molecular formula is C13H26N2O. The minimum Gasteiger partial charge on any atom is -0.393 e. The average molecular weight is 226 g/mol. The van der Waals surface area contributed by atoms with Crippen molar-refractivity contribution >= 4 is 0 Å². The van der Waals surface area contributed by atoms with E-state index in [1.54, 1.807) is 0 Å². The van der Waals surface area contributed by atoms with Crippen molar-refractivity contribution in [2.75, 3.05) is 26.2 Å². The molecule has 16 heavy (non-hydrogen) atoms. The van der Waals surface area contributed by atoms with Crippen LogP contribution in [-0.4, -0.2) is 48.3 Å².